The van der Waals surface area contributed by atoms with E-state index in [2.05, 4.69) is 0 Å². The molecule has 0 radical (unpaired) electrons. The molecule has 0 aliphatic rings. The third-order valence-electron chi connectivity index (χ3n) is 3.68. The predicted molar refractivity (Wildman–Crippen MR) is 73.4 cm³/mol. The van der Waals surface area contributed by atoms with Gasteiger partial charge in [0.15, 0.2) is 0 Å². The molecule has 1 unspecified atom stereocenters. The van der Waals surface area contributed by atoms with Gasteiger partial charge in [0.05, 0.1) is 17.5 Å². The lowest BCUT2D eigenvalue weighted by Gasteiger charge is -2.13. The van der Waals surface area contributed by atoms with E-state index in [1.54, 1.807) is 23.2 Å². The van der Waals surface area contributed by atoms with E-state index in [9.17, 15) is 9.59 Å². The summed E-state index contributed by atoms with van der Waals surface area (Å²) in [5.74, 6) is -0.814. The molecule has 0 spiro atoms. The Morgan fingerprint density at radius 3 is 2.47 bits per heavy atom. The second-order valence-corrected chi connectivity index (χ2v) is 4.85. The molecule has 5 nitrogen and oxygen atoms in total. The van der Waals surface area contributed by atoms with Gasteiger partial charge in [0.1, 0.15) is 0 Å². The Kier molecular flexibility index (Phi) is 3.46. The van der Waals surface area contributed by atoms with Crippen LogP contribution in [0.15, 0.2) is 23.0 Å². The number of aromatic nitrogens is 2. The highest BCUT2D eigenvalue weighted by Crippen LogP contribution is 2.26. The van der Waals surface area contributed by atoms with E-state index in [1.807, 2.05) is 25.1 Å². The SMILES string of the molecule is CCC(CC(=O)O)c1ccc2c(c1)n(C)c(=O)n2C. The molecular weight excluding hydrogens is 244 g/mol. The minimum Gasteiger partial charge on any atom is -0.481 e. The molecule has 1 aromatic heterocycles. The van der Waals surface area contributed by atoms with Crippen molar-refractivity contribution < 1.29 is 9.90 Å². The third-order valence-corrected chi connectivity index (χ3v) is 3.68. The molecule has 2 aromatic rings. The van der Waals surface area contributed by atoms with Gasteiger partial charge in [0.25, 0.3) is 0 Å². The van der Waals surface area contributed by atoms with Gasteiger partial charge in [-0.05, 0) is 30.0 Å². The highest BCUT2D eigenvalue weighted by atomic mass is 16.4. The molecule has 1 atom stereocenters. The predicted octanol–water partition coefficient (Wildman–Crippen LogP) is 1.85. The molecule has 1 N–H and O–H groups in total. The van der Waals surface area contributed by atoms with Crippen LogP contribution < -0.4 is 5.69 Å². The number of rotatable bonds is 4. The smallest absolute Gasteiger partial charge is 0.328 e. The van der Waals surface area contributed by atoms with Gasteiger partial charge in [0, 0.05) is 14.1 Å². The second kappa shape index (κ2) is 4.91. The van der Waals surface area contributed by atoms with Crippen LogP contribution in [-0.2, 0) is 18.9 Å². The molecule has 5 heteroatoms. The van der Waals surface area contributed by atoms with Crippen molar-refractivity contribution in [2.45, 2.75) is 25.7 Å². The Morgan fingerprint density at radius 1 is 1.26 bits per heavy atom. The average molecular weight is 262 g/mol. The number of fused-ring (bicyclic) bond motifs is 1. The van der Waals surface area contributed by atoms with Crippen LogP contribution in [0.5, 0.6) is 0 Å². The van der Waals surface area contributed by atoms with E-state index in [1.165, 1.54) is 0 Å². The van der Waals surface area contributed by atoms with Crippen LogP contribution in [0.2, 0.25) is 0 Å². The van der Waals surface area contributed by atoms with Crippen LogP contribution in [-0.4, -0.2) is 20.2 Å². The van der Waals surface area contributed by atoms with Crippen molar-refractivity contribution in [1.82, 2.24) is 9.13 Å². The van der Waals surface area contributed by atoms with Crippen molar-refractivity contribution in [2.24, 2.45) is 14.1 Å². The van der Waals surface area contributed by atoms with Crippen molar-refractivity contribution in [3.8, 4) is 0 Å². The van der Waals surface area contributed by atoms with Crippen LogP contribution in [0.1, 0.15) is 31.2 Å². The van der Waals surface area contributed by atoms with Crippen LogP contribution in [0, 0.1) is 0 Å². The number of carboxylic acids is 1. The van der Waals surface area contributed by atoms with Gasteiger partial charge in [0.2, 0.25) is 0 Å². The molecule has 1 aromatic carbocycles. The first-order valence-corrected chi connectivity index (χ1v) is 6.32. The Hall–Kier alpha value is -2.04. The molecule has 0 aliphatic heterocycles. The summed E-state index contributed by atoms with van der Waals surface area (Å²) in [4.78, 5) is 22.7. The van der Waals surface area contributed by atoms with Crippen molar-refractivity contribution in [3.05, 3.63) is 34.2 Å². The summed E-state index contributed by atoms with van der Waals surface area (Å²) in [7, 11) is 3.46. The van der Waals surface area contributed by atoms with Crippen molar-refractivity contribution in [3.63, 3.8) is 0 Å². The lowest BCUT2D eigenvalue weighted by molar-refractivity contribution is -0.137. The van der Waals surface area contributed by atoms with E-state index in [0.29, 0.717) is 0 Å². The molecule has 0 saturated carbocycles. The molecule has 2 rings (SSSR count). The van der Waals surface area contributed by atoms with Gasteiger partial charge >= 0.3 is 11.7 Å². The highest BCUT2D eigenvalue weighted by Gasteiger charge is 2.16. The molecular formula is C14H18N2O3. The van der Waals surface area contributed by atoms with Crippen LogP contribution in [0.25, 0.3) is 11.0 Å². The Morgan fingerprint density at radius 2 is 1.89 bits per heavy atom. The summed E-state index contributed by atoms with van der Waals surface area (Å²) in [5, 5.41) is 8.93. The van der Waals surface area contributed by atoms with Gasteiger partial charge in [-0.1, -0.05) is 13.0 Å². The Labute approximate surface area is 111 Å². The number of imidazole rings is 1. The van der Waals surface area contributed by atoms with Crippen molar-refractivity contribution in [1.29, 1.82) is 0 Å². The number of nitrogens with zero attached hydrogens (tertiary/aromatic N) is 2. The number of carbonyl (C=O) groups is 1. The fourth-order valence-corrected chi connectivity index (χ4v) is 2.49. The minimum atomic E-state index is -0.797. The third kappa shape index (κ3) is 2.28. The van der Waals surface area contributed by atoms with Crippen LogP contribution >= 0.6 is 0 Å². The fraction of sp³-hybridized carbons (Fsp3) is 0.429. The number of hydrogen-bond donors (Lipinski definition) is 1. The fourth-order valence-electron chi connectivity index (χ4n) is 2.49. The maximum atomic E-state index is 11.8. The van der Waals surface area contributed by atoms with Crippen molar-refractivity contribution in [2.75, 3.05) is 0 Å². The van der Waals surface area contributed by atoms with Gasteiger partial charge in [-0.15, -0.1) is 0 Å². The van der Waals surface area contributed by atoms with E-state index in [0.717, 1.165) is 23.0 Å². The van der Waals surface area contributed by atoms with E-state index < -0.39 is 5.97 Å². The van der Waals surface area contributed by atoms with Crippen LogP contribution in [0.3, 0.4) is 0 Å². The standard InChI is InChI=1S/C14H18N2O3/c1-4-9(8-13(17)18)10-5-6-11-12(7-10)16(3)14(19)15(11)2/h5-7,9H,4,8H2,1-3H3,(H,17,18). The van der Waals surface area contributed by atoms with Gasteiger partial charge < -0.3 is 5.11 Å². The number of aryl methyl sites for hydroxylation is 2. The maximum absolute atomic E-state index is 11.8. The van der Waals surface area contributed by atoms with Gasteiger partial charge in [-0.2, -0.15) is 0 Å². The molecule has 1 heterocycles. The maximum Gasteiger partial charge on any atom is 0.328 e. The van der Waals surface area contributed by atoms with E-state index >= 15 is 0 Å². The van der Waals surface area contributed by atoms with Gasteiger partial charge in [-0.25, -0.2) is 4.79 Å². The highest BCUT2D eigenvalue weighted by molar-refractivity contribution is 5.77. The summed E-state index contributed by atoms with van der Waals surface area (Å²) in [5.41, 5.74) is 2.60. The van der Waals surface area contributed by atoms with Gasteiger partial charge in [-0.3, -0.25) is 13.9 Å². The molecule has 102 valence electrons. The topological polar surface area (TPSA) is 64.2 Å². The summed E-state index contributed by atoms with van der Waals surface area (Å²) in [6, 6.07) is 5.73. The van der Waals surface area contributed by atoms with E-state index in [4.69, 9.17) is 5.11 Å². The molecule has 0 saturated heterocycles. The zero-order valence-electron chi connectivity index (χ0n) is 11.4. The largest absolute Gasteiger partial charge is 0.481 e. The minimum absolute atomic E-state index is 0.0165. The lowest BCUT2D eigenvalue weighted by atomic mass is 9.93. The molecule has 0 fully saturated rings. The first-order valence-electron chi connectivity index (χ1n) is 6.32. The normalized spacial score (nSPS) is 12.8. The first kappa shape index (κ1) is 13.4. The number of benzene rings is 1. The summed E-state index contributed by atoms with van der Waals surface area (Å²) >= 11 is 0. The summed E-state index contributed by atoms with van der Waals surface area (Å²) in [6.45, 7) is 1.97. The lowest BCUT2D eigenvalue weighted by Crippen LogP contribution is -2.19. The quantitative estimate of drug-likeness (QED) is 0.914. The monoisotopic (exact) mass is 262 g/mol. The number of aliphatic carboxylic acids is 1. The zero-order chi connectivity index (χ0) is 14.2. The van der Waals surface area contributed by atoms with Crippen LogP contribution in [0.4, 0.5) is 0 Å². The van der Waals surface area contributed by atoms with E-state index in [-0.39, 0.29) is 18.0 Å². The summed E-state index contributed by atoms with van der Waals surface area (Å²) in [6.07, 6.45) is 0.876. The molecule has 0 aliphatic carbocycles. The number of carboxylic acid groups (broad SMARTS) is 1. The van der Waals surface area contributed by atoms with Crippen molar-refractivity contribution >= 4 is 17.0 Å². The first-order chi connectivity index (χ1) is 8.95. The average Bonchev–Trinajstić information content (AvgIpc) is 2.60. The summed E-state index contributed by atoms with van der Waals surface area (Å²) < 4.78 is 3.18. The number of hydrogen-bond acceptors (Lipinski definition) is 2. The Bertz CT molecular complexity index is 682. The Balaban J connectivity index is 2.54. The molecule has 0 amide bonds. The molecule has 0 bridgehead atoms. The second-order valence-electron chi connectivity index (χ2n) is 4.85. The molecule has 19 heavy (non-hydrogen) atoms. The zero-order valence-corrected chi connectivity index (χ0v) is 11.4.